The zero-order valence-corrected chi connectivity index (χ0v) is 16.8. The lowest BCUT2D eigenvalue weighted by atomic mass is 9.79. The van der Waals surface area contributed by atoms with Crippen LogP contribution in [-0.4, -0.2) is 23.2 Å². The van der Waals surface area contributed by atoms with E-state index in [0.717, 1.165) is 19.1 Å². The van der Waals surface area contributed by atoms with Gasteiger partial charge in [-0.1, -0.05) is 24.6 Å². The van der Waals surface area contributed by atoms with Crippen molar-refractivity contribution in [1.29, 1.82) is 0 Å². The largest absolute Gasteiger partial charge is 0.457 e. The zero-order valence-electron chi connectivity index (χ0n) is 16.1. The first-order valence-electron chi connectivity index (χ1n) is 8.60. The van der Waals surface area contributed by atoms with Gasteiger partial charge in [0.1, 0.15) is 0 Å². The van der Waals surface area contributed by atoms with Crippen LogP contribution in [0, 0.1) is 23.1 Å². The summed E-state index contributed by atoms with van der Waals surface area (Å²) in [5, 5.41) is 10.2. The Morgan fingerprint density at radius 3 is 1.97 bits per heavy atom. The number of hydrogen-bond acceptors (Lipinski definition) is 2. The summed E-state index contributed by atoms with van der Waals surface area (Å²) in [5.41, 5.74) is -11.2. The summed E-state index contributed by atoms with van der Waals surface area (Å²) in [6.45, 7) is 2.35. The Morgan fingerprint density at radius 2 is 1.56 bits per heavy atom. The Kier molecular flexibility index (Phi) is 6.54. The summed E-state index contributed by atoms with van der Waals surface area (Å²) < 4.78 is 124. The van der Waals surface area contributed by atoms with Crippen molar-refractivity contribution >= 4 is 17.3 Å². The fourth-order valence-corrected chi connectivity index (χ4v) is 3.42. The van der Waals surface area contributed by atoms with Crippen molar-refractivity contribution in [2.45, 2.75) is 44.2 Å². The van der Waals surface area contributed by atoms with Gasteiger partial charge >= 0.3 is 23.9 Å². The topological polar surface area (TPSA) is 43.1 Å². The van der Waals surface area contributed by atoms with Crippen LogP contribution in [-0.2, 0) is 12.1 Å². The Bertz CT molecular complexity index is 1050. The minimum Gasteiger partial charge on any atom is -0.258 e. The van der Waals surface area contributed by atoms with Gasteiger partial charge in [0.15, 0.2) is 0 Å². The second kappa shape index (κ2) is 8.13. The van der Waals surface area contributed by atoms with E-state index >= 15 is 4.39 Å². The average Bonchev–Trinajstić information content (AvgIpc) is 2.64. The van der Waals surface area contributed by atoms with Crippen LogP contribution in [0.3, 0.4) is 0 Å². The van der Waals surface area contributed by atoms with Gasteiger partial charge in [-0.3, -0.25) is 10.1 Å². The Hall–Kier alpha value is -2.50. The summed E-state index contributed by atoms with van der Waals surface area (Å²) in [6.07, 6.45) is -13.9. The number of rotatable bonds is 5. The van der Waals surface area contributed by atoms with E-state index in [1.165, 1.54) is 6.92 Å². The molecule has 0 saturated heterocycles. The van der Waals surface area contributed by atoms with Gasteiger partial charge in [-0.25, -0.2) is 4.39 Å². The van der Waals surface area contributed by atoms with Crippen LogP contribution < -0.4 is 0 Å². The molecule has 13 heteroatoms. The van der Waals surface area contributed by atoms with Gasteiger partial charge in [0.25, 0.3) is 5.69 Å². The van der Waals surface area contributed by atoms with Crippen LogP contribution in [0.4, 0.5) is 45.2 Å². The highest BCUT2D eigenvalue weighted by Crippen LogP contribution is 2.60. The smallest absolute Gasteiger partial charge is 0.258 e. The van der Waals surface area contributed by atoms with Crippen molar-refractivity contribution in [1.82, 2.24) is 0 Å². The highest BCUT2D eigenvalue weighted by atomic mass is 35.5. The molecule has 1 atom stereocenters. The molecule has 1 radical (unpaired) electrons. The number of alkyl halides is 9. The number of nitrogens with zero attached hydrogens (tertiary/aromatic N) is 1. The molecule has 2 aromatic rings. The predicted octanol–water partition coefficient (Wildman–Crippen LogP) is 7.51. The number of non-ortho nitro benzene ring substituents is 1. The summed E-state index contributed by atoms with van der Waals surface area (Å²) in [7, 11) is 0. The zero-order chi connectivity index (χ0) is 24.9. The highest BCUT2D eigenvalue weighted by Gasteiger charge is 2.82. The number of halogens is 10. The van der Waals surface area contributed by atoms with Gasteiger partial charge in [-0.2, -0.15) is 35.1 Å². The van der Waals surface area contributed by atoms with Gasteiger partial charge < -0.3 is 0 Å². The lowest BCUT2D eigenvalue weighted by molar-refractivity contribution is -0.389. The van der Waals surface area contributed by atoms with E-state index in [1.54, 1.807) is 0 Å². The van der Waals surface area contributed by atoms with Crippen molar-refractivity contribution in [3.8, 4) is 11.1 Å². The fourth-order valence-electron chi connectivity index (χ4n) is 3.15. The molecule has 0 amide bonds. The Balaban J connectivity index is 3.08. The fraction of sp³-hybridized carbons (Fsp3) is 0.368. The molecule has 0 spiro atoms. The predicted molar refractivity (Wildman–Crippen MR) is 96.3 cm³/mol. The molecule has 0 fully saturated rings. The number of nitro benzene ring substituents is 1. The molecular formula is C19H12ClF9NO2. The lowest BCUT2D eigenvalue weighted by Gasteiger charge is -2.38. The first-order chi connectivity index (χ1) is 14.4. The first kappa shape index (κ1) is 25.8. The maximum absolute atomic E-state index is 15.3. The minimum absolute atomic E-state index is 0.180. The van der Waals surface area contributed by atoms with Gasteiger partial charge in [0, 0.05) is 23.3 Å². The SMILES string of the molecule is CCc1[c]c(C)cc(C(F)(C(F)(F)F)C(F)(F)C(F)(F)F)c1-c1ccc([N+](=O)[O-])cc1Cl. The van der Waals surface area contributed by atoms with E-state index in [-0.39, 0.29) is 23.6 Å². The Morgan fingerprint density at radius 1 is 1.00 bits per heavy atom. The van der Waals surface area contributed by atoms with E-state index in [0.29, 0.717) is 6.07 Å². The van der Waals surface area contributed by atoms with E-state index in [9.17, 15) is 45.2 Å². The second-order valence-electron chi connectivity index (χ2n) is 6.72. The molecule has 0 aromatic heterocycles. The Labute approximate surface area is 179 Å². The van der Waals surface area contributed by atoms with Crippen molar-refractivity contribution < 1.29 is 44.4 Å². The van der Waals surface area contributed by atoms with E-state index in [4.69, 9.17) is 11.6 Å². The molecule has 0 bridgehead atoms. The molecular weight excluding hydrogens is 481 g/mol. The van der Waals surface area contributed by atoms with Crippen molar-refractivity contribution in [2.24, 2.45) is 0 Å². The molecule has 0 saturated carbocycles. The summed E-state index contributed by atoms with van der Waals surface area (Å²) in [5.74, 6) is -6.89. The van der Waals surface area contributed by atoms with Crippen molar-refractivity contribution in [2.75, 3.05) is 0 Å². The third-order valence-electron chi connectivity index (χ3n) is 4.62. The average molecular weight is 493 g/mol. The van der Waals surface area contributed by atoms with Crippen LogP contribution in [0.15, 0.2) is 24.3 Å². The summed E-state index contributed by atoms with van der Waals surface area (Å²) in [6, 6.07) is 4.79. The van der Waals surface area contributed by atoms with Gasteiger partial charge in [0.05, 0.1) is 9.95 Å². The molecule has 0 heterocycles. The second-order valence-corrected chi connectivity index (χ2v) is 7.13. The van der Waals surface area contributed by atoms with Gasteiger partial charge in [-0.15, -0.1) is 0 Å². The van der Waals surface area contributed by atoms with Crippen LogP contribution >= 0.6 is 11.6 Å². The minimum atomic E-state index is -6.91. The standard InChI is InChI=1S/C19H12ClF9NO2/c1-3-10-6-9(2)7-13(15(10)12-5-4-11(30(31)32)8-14(12)20)16(21,18(24,25)26)17(22,23)19(27,28)29/h4-5,7-8H,3H2,1-2H3. The quantitative estimate of drug-likeness (QED) is 0.246. The lowest BCUT2D eigenvalue weighted by Crippen LogP contribution is -2.60. The number of nitro groups is 1. The summed E-state index contributed by atoms with van der Waals surface area (Å²) >= 11 is 5.89. The summed E-state index contributed by atoms with van der Waals surface area (Å²) in [4.78, 5) is 9.95. The maximum atomic E-state index is 15.3. The molecule has 3 nitrogen and oxygen atoms in total. The highest BCUT2D eigenvalue weighted by molar-refractivity contribution is 6.33. The number of aryl methyl sites for hydroxylation is 2. The molecule has 1 unspecified atom stereocenters. The van der Waals surface area contributed by atoms with E-state index in [2.05, 4.69) is 6.07 Å². The molecule has 0 N–H and O–H groups in total. The molecule has 2 rings (SSSR count). The van der Waals surface area contributed by atoms with Crippen LogP contribution in [0.1, 0.15) is 23.6 Å². The number of hydrogen-bond donors (Lipinski definition) is 0. The third-order valence-corrected chi connectivity index (χ3v) is 4.93. The van der Waals surface area contributed by atoms with Crippen molar-refractivity contribution in [3.05, 3.63) is 62.2 Å². The molecule has 2 aromatic carbocycles. The molecule has 175 valence electrons. The van der Waals surface area contributed by atoms with Crippen molar-refractivity contribution in [3.63, 3.8) is 0 Å². The third kappa shape index (κ3) is 4.00. The monoisotopic (exact) mass is 492 g/mol. The van der Waals surface area contributed by atoms with Gasteiger partial charge in [-0.05, 0) is 42.2 Å². The number of benzene rings is 2. The molecule has 0 aliphatic rings. The molecule has 32 heavy (non-hydrogen) atoms. The molecule has 0 aliphatic heterocycles. The first-order valence-corrected chi connectivity index (χ1v) is 8.98. The van der Waals surface area contributed by atoms with Crippen LogP contribution in [0.5, 0.6) is 0 Å². The molecule has 0 aliphatic carbocycles. The van der Waals surface area contributed by atoms with Crippen LogP contribution in [0.25, 0.3) is 11.1 Å². The van der Waals surface area contributed by atoms with E-state index in [1.807, 2.05) is 0 Å². The normalized spacial score (nSPS) is 14.9. The maximum Gasteiger partial charge on any atom is 0.457 e. The van der Waals surface area contributed by atoms with Gasteiger partial charge in [0.2, 0.25) is 0 Å². The van der Waals surface area contributed by atoms with Crippen LogP contribution in [0.2, 0.25) is 5.02 Å². The van der Waals surface area contributed by atoms with E-state index < -0.39 is 56.3 Å².